The van der Waals surface area contributed by atoms with Crippen LogP contribution in [-0.4, -0.2) is 15.4 Å². The lowest BCUT2D eigenvalue weighted by Gasteiger charge is -2.24. The van der Waals surface area contributed by atoms with E-state index in [4.69, 9.17) is 16.3 Å². The predicted octanol–water partition coefficient (Wildman–Crippen LogP) is 2.79. The van der Waals surface area contributed by atoms with Crippen molar-refractivity contribution in [3.05, 3.63) is 75.2 Å². The number of carbonyl (C=O) groups is 1. The Morgan fingerprint density at radius 3 is 2.74 bits per heavy atom. The normalized spacial score (nSPS) is 16.9. The molecule has 1 aromatic carbocycles. The molecule has 0 amide bonds. The highest BCUT2D eigenvalue weighted by Crippen LogP contribution is 2.38. The van der Waals surface area contributed by atoms with Gasteiger partial charge in [-0.05, 0) is 23.8 Å². The molecule has 6 heteroatoms. The molecule has 0 unspecified atom stereocenters. The average Bonchev–Trinajstić information content (AvgIpc) is 2.54. The third kappa shape index (κ3) is 2.21. The molecule has 0 aliphatic carbocycles. The fraction of sp³-hybridized carbons (Fsp3) is 0.118. The van der Waals surface area contributed by atoms with E-state index in [1.807, 2.05) is 12.1 Å². The van der Waals surface area contributed by atoms with Crippen molar-refractivity contribution < 1.29 is 9.53 Å². The Morgan fingerprint density at radius 1 is 1.13 bits per heavy atom. The Balaban J connectivity index is 2.03. The topological polar surface area (TPSA) is 60.7 Å². The van der Waals surface area contributed by atoms with Crippen molar-refractivity contribution in [2.45, 2.75) is 12.3 Å². The number of carbonyl (C=O) groups excluding carboxylic acids is 1. The van der Waals surface area contributed by atoms with E-state index in [-0.39, 0.29) is 17.9 Å². The van der Waals surface area contributed by atoms with Gasteiger partial charge in [0.05, 0.1) is 12.0 Å². The molecule has 4 rings (SSSR count). The minimum Gasteiger partial charge on any atom is -0.407 e. The van der Waals surface area contributed by atoms with Gasteiger partial charge in [0.2, 0.25) is 5.88 Å². The largest absolute Gasteiger partial charge is 0.407 e. The zero-order valence-corrected chi connectivity index (χ0v) is 12.7. The summed E-state index contributed by atoms with van der Waals surface area (Å²) >= 11 is 6.26. The summed E-state index contributed by atoms with van der Waals surface area (Å²) in [6.07, 6.45) is 1.71. The molecule has 3 aromatic rings. The standard InChI is InChI=1S/C17H11ClN2O3/c18-12-6-2-1-5-10(12)11-9-14(21)23-16-15(11)17(22)20-8-4-3-7-13(20)19-16/h1-8,11H,9H2/t11-/m1/s1. The lowest BCUT2D eigenvalue weighted by Crippen LogP contribution is -2.31. The van der Waals surface area contributed by atoms with Crippen LogP contribution in [0, 0.1) is 0 Å². The van der Waals surface area contributed by atoms with Crippen molar-refractivity contribution >= 4 is 23.2 Å². The summed E-state index contributed by atoms with van der Waals surface area (Å²) in [5.41, 5.74) is 1.27. The number of benzene rings is 1. The van der Waals surface area contributed by atoms with E-state index in [1.165, 1.54) is 4.40 Å². The molecule has 1 aliphatic rings. The van der Waals surface area contributed by atoms with Crippen LogP contribution in [0.3, 0.4) is 0 Å². The summed E-state index contributed by atoms with van der Waals surface area (Å²) < 4.78 is 6.65. The number of esters is 1. The fourth-order valence-corrected chi connectivity index (χ4v) is 3.17. The van der Waals surface area contributed by atoms with E-state index < -0.39 is 11.9 Å². The van der Waals surface area contributed by atoms with Gasteiger partial charge in [-0.3, -0.25) is 14.0 Å². The maximum atomic E-state index is 12.9. The molecule has 0 spiro atoms. The minimum absolute atomic E-state index is 0.0621. The van der Waals surface area contributed by atoms with E-state index in [0.29, 0.717) is 16.2 Å². The second-order valence-corrected chi connectivity index (χ2v) is 5.72. The molecule has 3 heterocycles. The van der Waals surface area contributed by atoms with Gasteiger partial charge in [-0.1, -0.05) is 35.9 Å². The summed E-state index contributed by atoms with van der Waals surface area (Å²) in [6, 6.07) is 12.4. The quantitative estimate of drug-likeness (QED) is 0.645. The van der Waals surface area contributed by atoms with Crippen molar-refractivity contribution in [2.75, 3.05) is 0 Å². The molecule has 5 nitrogen and oxygen atoms in total. The van der Waals surface area contributed by atoms with Crippen LogP contribution in [-0.2, 0) is 4.79 Å². The van der Waals surface area contributed by atoms with E-state index in [0.717, 1.165) is 5.56 Å². The third-order valence-corrected chi connectivity index (χ3v) is 4.29. The van der Waals surface area contributed by atoms with Gasteiger partial charge in [-0.15, -0.1) is 0 Å². The SMILES string of the molecule is O=C1C[C@H](c2ccccc2Cl)c2c(nc3ccccn3c2=O)O1. The molecule has 2 aromatic heterocycles. The monoisotopic (exact) mass is 326 g/mol. The van der Waals surface area contributed by atoms with Crippen LogP contribution in [0.15, 0.2) is 53.5 Å². The zero-order chi connectivity index (χ0) is 16.0. The molecule has 0 fully saturated rings. The number of halogens is 1. The molecule has 23 heavy (non-hydrogen) atoms. The highest BCUT2D eigenvalue weighted by Gasteiger charge is 2.34. The molecule has 114 valence electrons. The lowest BCUT2D eigenvalue weighted by atomic mass is 9.88. The molecule has 0 radical (unpaired) electrons. The zero-order valence-electron chi connectivity index (χ0n) is 11.9. The Hall–Kier alpha value is -2.66. The molecule has 0 saturated heterocycles. The van der Waals surface area contributed by atoms with Crippen LogP contribution < -0.4 is 10.3 Å². The summed E-state index contributed by atoms with van der Waals surface area (Å²) in [6.45, 7) is 0. The molecule has 1 atom stereocenters. The second-order valence-electron chi connectivity index (χ2n) is 5.32. The van der Waals surface area contributed by atoms with Crippen molar-refractivity contribution in [2.24, 2.45) is 0 Å². The van der Waals surface area contributed by atoms with Crippen LogP contribution in [0.5, 0.6) is 5.88 Å². The van der Waals surface area contributed by atoms with Crippen molar-refractivity contribution in [3.63, 3.8) is 0 Å². The Kier molecular flexibility index (Phi) is 3.16. The summed E-state index contributed by atoms with van der Waals surface area (Å²) in [5.74, 6) is -0.811. The predicted molar refractivity (Wildman–Crippen MR) is 85.0 cm³/mol. The van der Waals surface area contributed by atoms with E-state index in [9.17, 15) is 9.59 Å². The molecule has 0 N–H and O–H groups in total. The van der Waals surface area contributed by atoms with E-state index in [1.54, 1.807) is 36.5 Å². The first-order valence-electron chi connectivity index (χ1n) is 7.11. The van der Waals surface area contributed by atoms with Gasteiger partial charge in [-0.2, -0.15) is 4.98 Å². The molecule has 0 bridgehead atoms. The van der Waals surface area contributed by atoms with E-state index >= 15 is 0 Å². The molecule has 0 saturated carbocycles. The number of nitrogens with zero attached hydrogens (tertiary/aromatic N) is 2. The van der Waals surface area contributed by atoms with Gasteiger partial charge in [0.25, 0.3) is 5.56 Å². The van der Waals surface area contributed by atoms with Crippen LogP contribution >= 0.6 is 11.6 Å². The van der Waals surface area contributed by atoms with E-state index in [2.05, 4.69) is 4.98 Å². The summed E-state index contributed by atoms with van der Waals surface area (Å²) in [5, 5.41) is 0.510. The number of hydrogen-bond acceptors (Lipinski definition) is 4. The molecule has 1 aliphatic heterocycles. The third-order valence-electron chi connectivity index (χ3n) is 3.94. The maximum absolute atomic E-state index is 12.9. The fourth-order valence-electron chi connectivity index (χ4n) is 2.90. The highest BCUT2D eigenvalue weighted by atomic mass is 35.5. The first-order chi connectivity index (χ1) is 11.1. The Morgan fingerprint density at radius 2 is 1.91 bits per heavy atom. The molecular formula is C17H11ClN2O3. The van der Waals surface area contributed by atoms with Gasteiger partial charge < -0.3 is 4.74 Å². The number of fused-ring (bicyclic) bond motifs is 2. The highest BCUT2D eigenvalue weighted by molar-refractivity contribution is 6.31. The number of ether oxygens (including phenoxy) is 1. The number of pyridine rings is 1. The number of aromatic nitrogens is 2. The molecular weight excluding hydrogens is 316 g/mol. The van der Waals surface area contributed by atoms with Crippen LogP contribution in [0.4, 0.5) is 0 Å². The second kappa shape index (κ2) is 5.21. The summed E-state index contributed by atoms with van der Waals surface area (Å²) in [7, 11) is 0. The smallest absolute Gasteiger partial charge is 0.313 e. The van der Waals surface area contributed by atoms with Gasteiger partial charge in [0, 0.05) is 17.1 Å². The van der Waals surface area contributed by atoms with Gasteiger partial charge >= 0.3 is 5.97 Å². The first-order valence-corrected chi connectivity index (χ1v) is 7.49. The van der Waals surface area contributed by atoms with Crippen molar-refractivity contribution in [1.82, 2.24) is 9.38 Å². The van der Waals surface area contributed by atoms with Crippen LogP contribution in [0.25, 0.3) is 5.65 Å². The van der Waals surface area contributed by atoms with Crippen LogP contribution in [0.2, 0.25) is 5.02 Å². The Bertz CT molecular complexity index is 997. The Labute approximate surface area is 136 Å². The number of hydrogen-bond donors (Lipinski definition) is 0. The minimum atomic E-state index is -0.461. The summed E-state index contributed by atoms with van der Waals surface area (Å²) in [4.78, 5) is 29.1. The van der Waals surface area contributed by atoms with Crippen LogP contribution in [0.1, 0.15) is 23.5 Å². The van der Waals surface area contributed by atoms with Crippen molar-refractivity contribution in [1.29, 1.82) is 0 Å². The van der Waals surface area contributed by atoms with Crippen molar-refractivity contribution in [3.8, 4) is 5.88 Å². The maximum Gasteiger partial charge on any atom is 0.313 e. The average molecular weight is 327 g/mol. The first kappa shape index (κ1) is 14.0. The number of rotatable bonds is 1. The van der Waals surface area contributed by atoms with Gasteiger partial charge in [0.1, 0.15) is 5.65 Å². The van der Waals surface area contributed by atoms with Gasteiger partial charge in [0.15, 0.2) is 0 Å². The lowest BCUT2D eigenvalue weighted by molar-refractivity contribution is -0.135. The van der Waals surface area contributed by atoms with Gasteiger partial charge in [-0.25, -0.2) is 0 Å².